The van der Waals surface area contributed by atoms with Crippen molar-refractivity contribution < 1.29 is 24.3 Å². The summed E-state index contributed by atoms with van der Waals surface area (Å²) in [6, 6.07) is 11.7. The quantitative estimate of drug-likeness (QED) is 0.432. The lowest BCUT2D eigenvalue weighted by molar-refractivity contribution is -0.151. The number of nitrogens with one attached hydrogen (secondary N) is 1. The Kier molecular flexibility index (Phi) is 7.91. The van der Waals surface area contributed by atoms with Crippen molar-refractivity contribution >= 4 is 17.6 Å². The highest BCUT2D eigenvalue weighted by Gasteiger charge is 2.35. The van der Waals surface area contributed by atoms with Gasteiger partial charge in [-0.15, -0.1) is 0 Å². The molecule has 8 nitrogen and oxygen atoms in total. The van der Waals surface area contributed by atoms with Crippen molar-refractivity contribution in [1.82, 2.24) is 15.4 Å². The van der Waals surface area contributed by atoms with E-state index >= 15 is 0 Å². The van der Waals surface area contributed by atoms with Crippen LogP contribution in [-0.2, 0) is 16.0 Å². The highest BCUT2D eigenvalue weighted by molar-refractivity contribution is 5.88. The van der Waals surface area contributed by atoms with Crippen molar-refractivity contribution in [2.75, 3.05) is 31.1 Å². The van der Waals surface area contributed by atoms with Gasteiger partial charge >= 0.3 is 0 Å². The molecule has 0 saturated carbocycles. The van der Waals surface area contributed by atoms with Crippen LogP contribution in [0.5, 0.6) is 0 Å². The number of piperazine rings is 1. The van der Waals surface area contributed by atoms with Crippen LogP contribution < -0.4 is 10.4 Å². The van der Waals surface area contributed by atoms with Crippen molar-refractivity contribution in [3.63, 3.8) is 0 Å². The van der Waals surface area contributed by atoms with E-state index in [1.807, 2.05) is 18.2 Å². The minimum absolute atomic E-state index is 0.255. The van der Waals surface area contributed by atoms with Crippen molar-refractivity contribution in [2.24, 2.45) is 5.92 Å². The number of anilines is 1. The second-order valence-electron chi connectivity index (χ2n) is 7.55. The second-order valence-corrected chi connectivity index (χ2v) is 7.55. The Balaban J connectivity index is 1.60. The van der Waals surface area contributed by atoms with Gasteiger partial charge in [0.05, 0.1) is 5.92 Å². The third-order valence-corrected chi connectivity index (χ3v) is 5.54. The maximum Gasteiger partial charge on any atom is 0.272 e. The van der Waals surface area contributed by atoms with E-state index in [-0.39, 0.29) is 18.1 Å². The minimum Gasteiger partial charge on any atom is -0.382 e. The number of carbonyl (C=O) groups is 2. The van der Waals surface area contributed by atoms with Gasteiger partial charge < -0.3 is 14.9 Å². The number of halogens is 1. The Morgan fingerprint density at radius 2 is 1.81 bits per heavy atom. The number of hydroxylamine groups is 1. The minimum atomic E-state index is -1.65. The molecule has 2 atom stereocenters. The van der Waals surface area contributed by atoms with Crippen molar-refractivity contribution in [3.8, 4) is 0 Å². The molecule has 0 radical (unpaired) electrons. The lowest BCUT2D eigenvalue weighted by Gasteiger charge is -2.37. The number of nitrogens with zero attached hydrogens (tertiary/aromatic N) is 3. The van der Waals surface area contributed by atoms with E-state index < -0.39 is 17.9 Å². The molecule has 31 heavy (non-hydrogen) atoms. The first-order valence-corrected chi connectivity index (χ1v) is 10.3. The van der Waals surface area contributed by atoms with Gasteiger partial charge in [-0.3, -0.25) is 14.8 Å². The fourth-order valence-corrected chi connectivity index (χ4v) is 3.77. The van der Waals surface area contributed by atoms with Crippen LogP contribution in [0.2, 0.25) is 0 Å². The Bertz CT molecular complexity index is 858. The molecular weight excluding hydrogens is 403 g/mol. The van der Waals surface area contributed by atoms with E-state index in [1.54, 1.807) is 23.2 Å². The summed E-state index contributed by atoms with van der Waals surface area (Å²) < 4.78 is 13.1. The van der Waals surface area contributed by atoms with E-state index in [0.29, 0.717) is 39.0 Å². The number of benzene rings is 1. The third kappa shape index (κ3) is 5.99. The summed E-state index contributed by atoms with van der Waals surface area (Å²) in [5, 5.41) is 19.3. The van der Waals surface area contributed by atoms with Crippen molar-refractivity contribution in [2.45, 2.75) is 25.4 Å². The van der Waals surface area contributed by atoms with E-state index in [9.17, 15) is 19.1 Å². The number of amides is 2. The second kappa shape index (κ2) is 10.8. The Labute approximate surface area is 180 Å². The van der Waals surface area contributed by atoms with Gasteiger partial charge in [0.1, 0.15) is 17.7 Å². The van der Waals surface area contributed by atoms with Crippen LogP contribution in [0.25, 0.3) is 0 Å². The summed E-state index contributed by atoms with van der Waals surface area (Å²) in [5.74, 6) is -1.79. The zero-order valence-corrected chi connectivity index (χ0v) is 17.2. The molecule has 0 aliphatic carbocycles. The maximum absolute atomic E-state index is 13.1. The molecule has 1 saturated heterocycles. The average Bonchev–Trinajstić information content (AvgIpc) is 2.82. The molecule has 3 N–H and O–H groups in total. The van der Waals surface area contributed by atoms with Gasteiger partial charge in [-0.1, -0.05) is 18.2 Å². The molecule has 1 aliphatic rings. The molecule has 1 aromatic carbocycles. The Morgan fingerprint density at radius 1 is 1.10 bits per heavy atom. The van der Waals surface area contributed by atoms with E-state index in [4.69, 9.17) is 5.21 Å². The molecule has 0 unspecified atom stereocenters. The number of aromatic nitrogens is 1. The Hall–Kier alpha value is -3.04. The van der Waals surface area contributed by atoms with Crippen LogP contribution >= 0.6 is 0 Å². The summed E-state index contributed by atoms with van der Waals surface area (Å²) in [7, 11) is 0. The van der Waals surface area contributed by atoms with Crippen LogP contribution in [-0.4, -0.2) is 64.3 Å². The first kappa shape index (κ1) is 22.6. The first-order valence-electron chi connectivity index (χ1n) is 10.3. The molecule has 166 valence electrons. The summed E-state index contributed by atoms with van der Waals surface area (Å²) in [6.45, 7) is 2.06. The monoisotopic (exact) mass is 430 g/mol. The molecule has 2 aromatic rings. The van der Waals surface area contributed by atoms with E-state index in [1.165, 1.54) is 17.6 Å². The molecule has 2 amide bonds. The molecule has 0 spiro atoms. The van der Waals surface area contributed by atoms with Crippen LogP contribution in [0, 0.1) is 11.7 Å². The first-order chi connectivity index (χ1) is 15.0. The summed E-state index contributed by atoms with van der Waals surface area (Å²) >= 11 is 0. The fourth-order valence-electron chi connectivity index (χ4n) is 3.77. The molecule has 9 heteroatoms. The lowest BCUT2D eigenvalue weighted by Crippen LogP contribution is -2.53. The highest BCUT2D eigenvalue weighted by Crippen LogP contribution is 2.20. The molecule has 2 heterocycles. The van der Waals surface area contributed by atoms with Crippen LogP contribution in [0.1, 0.15) is 18.4 Å². The van der Waals surface area contributed by atoms with Crippen molar-refractivity contribution in [3.05, 3.63) is 60.0 Å². The molecule has 0 bridgehead atoms. The van der Waals surface area contributed by atoms with Crippen molar-refractivity contribution in [1.29, 1.82) is 0 Å². The number of rotatable bonds is 8. The summed E-state index contributed by atoms with van der Waals surface area (Å²) in [4.78, 5) is 33.0. The number of hydrogen-bond acceptors (Lipinski definition) is 6. The predicted molar refractivity (Wildman–Crippen MR) is 112 cm³/mol. The topological polar surface area (TPSA) is 106 Å². The van der Waals surface area contributed by atoms with E-state index in [2.05, 4.69) is 9.88 Å². The highest BCUT2D eigenvalue weighted by atomic mass is 19.1. The smallest absolute Gasteiger partial charge is 0.272 e. The van der Waals surface area contributed by atoms with Gasteiger partial charge in [-0.05, 0) is 49.1 Å². The normalized spacial score (nSPS) is 16.0. The summed E-state index contributed by atoms with van der Waals surface area (Å²) in [5.41, 5.74) is 2.33. The number of aryl methyl sites for hydroxylation is 1. The zero-order chi connectivity index (χ0) is 22.2. The van der Waals surface area contributed by atoms with Gasteiger partial charge in [0.2, 0.25) is 5.91 Å². The number of carbonyl (C=O) groups excluding carboxylic acids is 2. The zero-order valence-electron chi connectivity index (χ0n) is 17.2. The van der Waals surface area contributed by atoms with Crippen LogP contribution in [0.3, 0.4) is 0 Å². The Morgan fingerprint density at radius 3 is 2.42 bits per heavy atom. The molecule has 1 aliphatic heterocycles. The number of pyridine rings is 1. The van der Waals surface area contributed by atoms with Crippen LogP contribution in [0.4, 0.5) is 10.2 Å². The molecule has 1 aromatic heterocycles. The van der Waals surface area contributed by atoms with Gasteiger partial charge in [0.25, 0.3) is 5.91 Å². The van der Waals surface area contributed by atoms with Gasteiger partial charge in [0.15, 0.2) is 0 Å². The van der Waals surface area contributed by atoms with Gasteiger partial charge in [-0.25, -0.2) is 14.9 Å². The largest absolute Gasteiger partial charge is 0.382 e. The third-order valence-electron chi connectivity index (χ3n) is 5.54. The number of hydrogen-bond donors (Lipinski definition) is 3. The van der Waals surface area contributed by atoms with Gasteiger partial charge in [0, 0.05) is 32.4 Å². The molecular formula is C22H27FN4O4. The average molecular weight is 430 g/mol. The van der Waals surface area contributed by atoms with Crippen LogP contribution in [0.15, 0.2) is 48.7 Å². The van der Waals surface area contributed by atoms with Gasteiger partial charge in [-0.2, -0.15) is 0 Å². The SMILES string of the molecule is O=C(NO)[C@@H](O)[C@@H](CCCc1ccc(F)cc1)C(=O)N1CCN(c2ccccn2)CC1. The predicted octanol–water partition coefficient (Wildman–Crippen LogP) is 1.37. The number of aliphatic hydroxyl groups is 1. The van der Waals surface area contributed by atoms with E-state index in [0.717, 1.165) is 11.4 Å². The lowest BCUT2D eigenvalue weighted by atomic mass is 9.92. The summed E-state index contributed by atoms with van der Waals surface area (Å²) in [6.07, 6.45) is 1.41. The number of aliphatic hydroxyl groups excluding tert-OH is 1. The fraction of sp³-hybridized carbons (Fsp3) is 0.409. The standard InChI is InChI=1S/C22H27FN4O4/c23-17-9-7-16(8-10-17)4-3-5-18(20(28)21(29)25-31)22(30)27-14-12-26(13-15-27)19-6-1-2-11-24-19/h1-2,6-11,18,20,28,31H,3-5,12-15H2,(H,25,29)/t18-,20+/m1/s1. The molecule has 1 fully saturated rings. The maximum atomic E-state index is 13.1. The molecule has 3 rings (SSSR count).